The summed E-state index contributed by atoms with van der Waals surface area (Å²) >= 11 is 3.35. The minimum absolute atomic E-state index is 0.0635. The molecule has 0 amide bonds. The zero-order valence-corrected chi connectivity index (χ0v) is 11.6. The van der Waals surface area contributed by atoms with E-state index in [-0.39, 0.29) is 21.9 Å². The summed E-state index contributed by atoms with van der Waals surface area (Å²) in [5, 5.41) is 0. The molecule has 2 saturated carbocycles. The van der Waals surface area contributed by atoms with Gasteiger partial charge in [-0.2, -0.15) is 8.42 Å². The molecule has 6 heteroatoms. The molecule has 0 saturated heterocycles. The molecule has 2 aliphatic rings. The highest BCUT2D eigenvalue weighted by atomic mass is 79.9. The number of carbonyl (C=O) groups is 1. The van der Waals surface area contributed by atoms with Crippen LogP contribution >= 0.6 is 15.9 Å². The Balaban J connectivity index is 2.50. The molecule has 4 nitrogen and oxygen atoms in total. The topological polar surface area (TPSA) is 71.4 Å². The van der Waals surface area contributed by atoms with Gasteiger partial charge < -0.3 is 0 Å². The average molecular weight is 311 g/mol. The second-order valence-electron chi connectivity index (χ2n) is 5.44. The van der Waals surface area contributed by atoms with Gasteiger partial charge in [0.1, 0.15) is 0 Å². The molecule has 0 aromatic carbocycles. The summed E-state index contributed by atoms with van der Waals surface area (Å²) in [5.41, 5.74) is -1.27. The van der Waals surface area contributed by atoms with E-state index in [4.69, 9.17) is 4.55 Å². The van der Waals surface area contributed by atoms with E-state index < -0.39 is 21.3 Å². The van der Waals surface area contributed by atoms with Gasteiger partial charge in [0.05, 0.1) is 16.0 Å². The molecule has 0 radical (unpaired) electrons. The zero-order chi connectivity index (χ0) is 12.4. The van der Waals surface area contributed by atoms with E-state index in [1.54, 1.807) is 0 Å². The van der Waals surface area contributed by atoms with Crippen molar-refractivity contribution in [3.63, 3.8) is 0 Å². The van der Waals surface area contributed by atoms with Crippen molar-refractivity contribution in [2.75, 3.05) is 5.75 Å². The normalized spacial score (nSPS) is 41.6. The third kappa shape index (κ3) is 1.42. The molecule has 2 bridgehead atoms. The minimum atomic E-state index is -4.12. The van der Waals surface area contributed by atoms with Crippen LogP contribution in [0.2, 0.25) is 0 Å². The van der Waals surface area contributed by atoms with Crippen LogP contribution in [0.25, 0.3) is 0 Å². The summed E-state index contributed by atoms with van der Waals surface area (Å²) in [7, 11) is -4.12. The summed E-state index contributed by atoms with van der Waals surface area (Å²) in [6, 6.07) is 0. The van der Waals surface area contributed by atoms with E-state index >= 15 is 0 Å². The van der Waals surface area contributed by atoms with E-state index in [0.717, 1.165) is 6.42 Å². The van der Waals surface area contributed by atoms with Gasteiger partial charge in [-0.15, -0.1) is 0 Å². The molecular weight excluding hydrogens is 296 g/mol. The molecular formula is C10H15BrO4S. The summed E-state index contributed by atoms with van der Waals surface area (Å²) in [6.45, 7) is 3.85. The first kappa shape index (κ1) is 12.5. The van der Waals surface area contributed by atoms with Crippen LogP contribution in [0.4, 0.5) is 0 Å². The van der Waals surface area contributed by atoms with E-state index in [9.17, 15) is 13.2 Å². The highest BCUT2D eigenvalue weighted by Gasteiger charge is 2.69. The molecule has 0 spiro atoms. The fraction of sp³-hybridized carbons (Fsp3) is 0.900. The van der Waals surface area contributed by atoms with Gasteiger partial charge >= 0.3 is 0 Å². The zero-order valence-electron chi connectivity index (χ0n) is 9.23. The van der Waals surface area contributed by atoms with Crippen LogP contribution in [-0.2, 0) is 14.9 Å². The van der Waals surface area contributed by atoms with Crippen LogP contribution in [0.3, 0.4) is 0 Å². The Morgan fingerprint density at radius 3 is 2.44 bits per heavy atom. The largest absolute Gasteiger partial charge is 0.298 e. The quantitative estimate of drug-likeness (QED) is 0.622. The van der Waals surface area contributed by atoms with Crippen molar-refractivity contribution in [1.82, 2.24) is 0 Å². The number of halogens is 1. The summed E-state index contributed by atoms with van der Waals surface area (Å²) in [5.74, 6) is -0.335. The molecule has 0 heterocycles. The Morgan fingerprint density at radius 2 is 2.06 bits per heavy atom. The highest BCUT2D eigenvalue weighted by Crippen LogP contribution is 2.65. The number of hydrogen-bond acceptors (Lipinski definition) is 3. The van der Waals surface area contributed by atoms with Gasteiger partial charge in [-0.3, -0.25) is 9.35 Å². The first-order chi connectivity index (χ1) is 7.12. The first-order valence-corrected chi connectivity index (χ1v) is 7.78. The van der Waals surface area contributed by atoms with E-state index in [1.165, 1.54) is 0 Å². The maximum absolute atomic E-state index is 12.2. The van der Waals surface area contributed by atoms with Crippen molar-refractivity contribution in [3.8, 4) is 0 Å². The van der Waals surface area contributed by atoms with Gasteiger partial charge in [-0.1, -0.05) is 29.8 Å². The van der Waals surface area contributed by atoms with E-state index in [0.29, 0.717) is 6.42 Å². The minimum Gasteiger partial charge on any atom is -0.298 e. The lowest BCUT2D eigenvalue weighted by Crippen LogP contribution is -2.43. The molecule has 0 unspecified atom stereocenters. The SMILES string of the molecule is CC1(C)[C@@H]2CC[C@@]1(CS(=O)(=O)O)C(=O)[C@H]2Br. The second-order valence-corrected chi connectivity index (χ2v) is 7.88. The molecule has 16 heavy (non-hydrogen) atoms. The lowest BCUT2D eigenvalue weighted by Gasteiger charge is -2.35. The Bertz CT molecular complexity index is 442. The standard InChI is InChI=1S/C10H15BrO4S/c1-9(2)6-3-4-10(9,5-16(13,14)15)8(12)7(6)11/h6-7H,3-5H2,1-2H3,(H,13,14,15)/t6-,7+,10-/m1/s1. The van der Waals surface area contributed by atoms with E-state index in [2.05, 4.69) is 15.9 Å². The molecule has 3 atom stereocenters. The molecule has 2 rings (SSSR count). The van der Waals surface area contributed by atoms with Gasteiger partial charge in [0.2, 0.25) is 0 Å². The molecule has 2 aliphatic carbocycles. The van der Waals surface area contributed by atoms with Crippen molar-refractivity contribution in [2.24, 2.45) is 16.7 Å². The van der Waals surface area contributed by atoms with E-state index in [1.807, 2.05) is 13.8 Å². The summed E-state index contributed by atoms with van der Waals surface area (Å²) in [6.07, 6.45) is 1.40. The summed E-state index contributed by atoms with van der Waals surface area (Å²) < 4.78 is 31.2. The van der Waals surface area contributed by atoms with Crippen LogP contribution in [0.15, 0.2) is 0 Å². The number of hydrogen-bond donors (Lipinski definition) is 1. The molecule has 0 aromatic rings. The predicted molar refractivity (Wildman–Crippen MR) is 63.1 cm³/mol. The Hall–Kier alpha value is 0.0600. The Kier molecular flexibility index (Phi) is 2.58. The van der Waals surface area contributed by atoms with Crippen LogP contribution in [-0.4, -0.2) is 29.3 Å². The van der Waals surface area contributed by atoms with Gasteiger partial charge in [0, 0.05) is 0 Å². The van der Waals surface area contributed by atoms with Crippen molar-refractivity contribution >= 4 is 31.8 Å². The third-order valence-electron chi connectivity index (χ3n) is 4.55. The maximum atomic E-state index is 12.2. The van der Waals surface area contributed by atoms with Crippen molar-refractivity contribution < 1.29 is 17.8 Å². The van der Waals surface area contributed by atoms with Crippen molar-refractivity contribution in [1.29, 1.82) is 0 Å². The van der Waals surface area contributed by atoms with Gasteiger partial charge in [0.25, 0.3) is 10.1 Å². The molecule has 0 aliphatic heterocycles. The highest BCUT2D eigenvalue weighted by molar-refractivity contribution is 9.10. The average Bonchev–Trinajstić information content (AvgIpc) is 2.39. The predicted octanol–water partition coefficient (Wildman–Crippen LogP) is 1.64. The molecule has 0 aromatic heterocycles. The molecule has 1 N–H and O–H groups in total. The number of rotatable bonds is 2. The number of ketones is 1. The van der Waals surface area contributed by atoms with Crippen molar-refractivity contribution in [2.45, 2.75) is 31.5 Å². The Labute approximate surface area is 104 Å². The second kappa shape index (κ2) is 3.29. The van der Waals surface area contributed by atoms with Gasteiger partial charge in [0.15, 0.2) is 5.78 Å². The number of fused-ring (bicyclic) bond motifs is 2. The van der Waals surface area contributed by atoms with Gasteiger partial charge in [-0.05, 0) is 24.2 Å². The third-order valence-corrected chi connectivity index (χ3v) is 6.46. The number of Topliss-reactive ketones (excluding diaryl/α,β-unsaturated/α-hetero) is 1. The van der Waals surface area contributed by atoms with Crippen LogP contribution < -0.4 is 0 Å². The molecule has 92 valence electrons. The lowest BCUT2D eigenvalue weighted by molar-refractivity contribution is -0.127. The summed E-state index contributed by atoms with van der Waals surface area (Å²) in [4.78, 5) is 11.9. The monoisotopic (exact) mass is 310 g/mol. The smallest absolute Gasteiger partial charge is 0.265 e. The lowest BCUT2D eigenvalue weighted by atomic mass is 9.70. The van der Waals surface area contributed by atoms with Crippen LogP contribution in [0.1, 0.15) is 26.7 Å². The fourth-order valence-corrected chi connectivity index (χ4v) is 6.12. The Morgan fingerprint density at radius 1 is 1.50 bits per heavy atom. The van der Waals surface area contributed by atoms with Crippen molar-refractivity contribution in [3.05, 3.63) is 0 Å². The van der Waals surface area contributed by atoms with Crippen LogP contribution in [0.5, 0.6) is 0 Å². The molecule has 2 fully saturated rings. The number of alkyl halides is 1. The van der Waals surface area contributed by atoms with Gasteiger partial charge in [-0.25, -0.2) is 0 Å². The van der Waals surface area contributed by atoms with Crippen LogP contribution in [0, 0.1) is 16.7 Å². The number of carbonyl (C=O) groups excluding carboxylic acids is 1. The first-order valence-electron chi connectivity index (χ1n) is 5.25. The fourth-order valence-electron chi connectivity index (χ4n) is 3.48. The maximum Gasteiger partial charge on any atom is 0.265 e.